The summed E-state index contributed by atoms with van der Waals surface area (Å²) in [6.07, 6.45) is 4.42. The largest absolute Gasteiger partial charge is 0.371 e. The van der Waals surface area contributed by atoms with Crippen molar-refractivity contribution < 1.29 is 0 Å². The normalized spacial score (nSPS) is 49.9. The number of rotatable bonds is 0. The molecular formula is C10H16N2. The Morgan fingerprint density at radius 2 is 2.17 bits per heavy atom. The van der Waals surface area contributed by atoms with Gasteiger partial charge in [-0.3, -0.25) is 4.99 Å². The summed E-state index contributed by atoms with van der Waals surface area (Å²) < 4.78 is 0. The Labute approximate surface area is 73.5 Å². The number of hydrogen-bond acceptors (Lipinski definition) is 2. The number of nitrogens with zero attached hydrogens (tertiary/aromatic N) is 1. The van der Waals surface area contributed by atoms with Gasteiger partial charge in [0.2, 0.25) is 0 Å². The Kier molecular flexibility index (Phi) is 1.29. The Hall–Kier alpha value is -0.530. The molecule has 1 N–H and O–H groups in total. The van der Waals surface area contributed by atoms with E-state index < -0.39 is 0 Å². The summed E-state index contributed by atoms with van der Waals surface area (Å²) in [6, 6.07) is 0.793. The number of fused-ring (bicyclic) bond motifs is 5. The average Bonchev–Trinajstić information content (AvgIpc) is 2.63. The first-order chi connectivity index (χ1) is 5.84. The van der Waals surface area contributed by atoms with Gasteiger partial charge in [0.25, 0.3) is 0 Å². The minimum Gasteiger partial charge on any atom is -0.371 e. The predicted octanol–water partition coefficient (Wildman–Crippen LogP) is 1.42. The first-order valence-electron chi connectivity index (χ1n) is 5.12. The molecule has 0 aromatic rings. The van der Waals surface area contributed by atoms with Gasteiger partial charge in [-0.05, 0) is 38.0 Å². The van der Waals surface area contributed by atoms with Crippen LogP contribution in [-0.2, 0) is 0 Å². The van der Waals surface area contributed by atoms with Gasteiger partial charge in [-0.2, -0.15) is 0 Å². The first-order valence-corrected chi connectivity index (χ1v) is 5.12. The third-order valence-corrected chi connectivity index (χ3v) is 4.00. The van der Waals surface area contributed by atoms with E-state index in [0.29, 0.717) is 0 Å². The van der Waals surface area contributed by atoms with Crippen LogP contribution in [0.5, 0.6) is 0 Å². The van der Waals surface area contributed by atoms with E-state index in [4.69, 9.17) is 0 Å². The van der Waals surface area contributed by atoms with Gasteiger partial charge in [0, 0.05) is 18.5 Å². The van der Waals surface area contributed by atoms with Crippen molar-refractivity contribution in [2.75, 3.05) is 6.54 Å². The van der Waals surface area contributed by atoms with E-state index in [9.17, 15) is 0 Å². The quantitative estimate of drug-likeness (QED) is 0.575. The Morgan fingerprint density at radius 3 is 3.08 bits per heavy atom. The Morgan fingerprint density at radius 1 is 1.33 bits per heavy atom. The van der Waals surface area contributed by atoms with Crippen LogP contribution >= 0.6 is 0 Å². The third kappa shape index (κ3) is 0.782. The van der Waals surface area contributed by atoms with Crippen LogP contribution in [0.2, 0.25) is 0 Å². The van der Waals surface area contributed by atoms with Gasteiger partial charge >= 0.3 is 0 Å². The zero-order valence-corrected chi connectivity index (χ0v) is 7.59. The van der Waals surface area contributed by atoms with Crippen LogP contribution in [0.25, 0.3) is 0 Å². The summed E-state index contributed by atoms with van der Waals surface area (Å²) in [5.74, 6) is 4.03. The van der Waals surface area contributed by atoms with Crippen LogP contribution in [0.3, 0.4) is 0 Å². The molecule has 1 aliphatic heterocycles. The second-order valence-corrected chi connectivity index (χ2v) is 4.59. The molecule has 2 saturated carbocycles. The van der Waals surface area contributed by atoms with E-state index >= 15 is 0 Å². The van der Waals surface area contributed by atoms with E-state index in [-0.39, 0.29) is 0 Å². The molecule has 2 aliphatic carbocycles. The second kappa shape index (κ2) is 2.24. The maximum atomic E-state index is 4.50. The smallest absolute Gasteiger partial charge is 0.0934 e. The summed E-state index contributed by atoms with van der Waals surface area (Å²) in [5, 5.41) is 3.56. The van der Waals surface area contributed by atoms with Crippen molar-refractivity contribution in [2.24, 2.45) is 22.7 Å². The molecule has 0 spiro atoms. The van der Waals surface area contributed by atoms with E-state index in [1.54, 1.807) is 0 Å². The van der Waals surface area contributed by atoms with E-state index in [2.05, 4.69) is 17.2 Å². The monoisotopic (exact) mass is 164 g/mol. The SMILES string of the molecule is CC1=NCC2C3CCC(C3)C2N1. The third-order valence-electron chi connectivity index (χ3n) is 4.00. The zero-order valence-electron chi connectivity index (χ0n) is 7.59. The summed E-state index contributed by atoms with van der Waals surface area (Å²) >= 11 is 0. The zero-order chi connectivity index (χ0) is 8.13. The average molecular weight is 164 g/mol. The van der Waals surface area contributed by atoms with Crippen molar-refractivity contribution in [1.29, 1.82) is 0 Å². The molecule has 0 aromatic heterocycles. The molecule has 66 valence electrons. The van der Waals surface area contributed by atoms with Crippen LogP contribution in [0.15, 0.2) is 4.99 Å². The lowest BCUT2D eigenvalue weighted by Gasteiger charge is -2.34. The molecular weight excluding hydrogens is 148 g/mol. The van der Waals surface area contributed by atoms with Crippen LogP contribution in [0.4, 0.5) is 0 Å². The molecule has 3 aliphatic rings. The molecule has 1 heterocycles. The van der Waals surface area contributed by atoms with Gasteiger partial charge < -0.3 is 5.32 Å². The Bertz CT molecular complexity index is 234. The van der Waals surface area contributed by atoms with Crippen molar-refractivity contribution in [3.63, 3.8) is 0 Å². The highest BCUT2D eigenvalue weighted by atomic mass is 15.1. The van der Waals surface area contributed by atoms with E-state index in [1.165, 1.54) is 25.1 Å². The molecule has 2 nitrogen and oxygen atoms in total. The van der Waals surface area contributed by atoms with E-state index in [1.807, 2.05) is 0 Å². The summed E-state index contributed by atoms with van der Waals surface area (Å²) in [4.78, 5) is 4.50. The van der Waals surface area contributed by atoms with Gasteiger partial charge in [0.15, 0.2) is 0 Å². The highest BCUT2D eigenvalue weighted by molar-refractivity contribution is 5.80. The summed E-state index contributed by atoms with van der Waals surface area (Å²) in [6.45, 7) is 3.20. The van der Waals surface area contributed by atoms with Gasteiger partial charge in [0.1, 0.15) is 0 Å². The molecule has 2 heteroatoms. The molecule has 4 atom stereocenters. The Balaban J connectivity index is 1.88. The predicted molar refractivity (Wildman–Crippen MR) is 49.2 cm³/mol. The van der Waals surface area contributed by atoms with Crippen LogP contribution < -0.4 is 5.32 Å². The topological polar surface area (TPSA) is 24.4 Å². The standard InChI is InChI=1S/C10H16N2/c1-6-11-5-9-7-2-3-8(4-7)10(9)12-6/h7-10H,2-5H2,1H3,(H,11,12). The molecule has 0 aromatic carbocycles. The highest BCUT2D eigenvalue weighted by Gasteiger charge is 2.48. The number of aliphatic imine (C=N–C) groups is 1. The van der Waals surface area contributed by atoms with Crippen LogP contribution in [-0.4, -0.2) is 18.4 Å². The van der Waals surface area contributed by atoms with Crippen molar-refractivity contribution >= 4 is 5.84 Å². The molecule has 0 radical (unpaired) electrons. The first kappa shape index (κ1) is 6.93. The van der Waals surface area contributed by atoms with Crippen molar-refractivity contribution in [3.05, 3.63) is 0 Å². The van der Waals surface area contributed by atoms with Crippen LogP contribution in [0.1, 0.15) is 26.2 Å². The van der Waals surface area contributed by atoms with Crippen molar-refractivity contribution in [3.8, 4) is 0 Å². The summed E-state index contributed by atoms with van der Waals surface area (Å²) in [5.41, 5.74) is 0. The second-order valence-electron chi connectivity index (χ2n) is 4.59. The molecule has 4 unspecified atom stereocenters. The van der Waals surface area contributed by atoms with Gasteiger partial charge in [-0.1, -0.05) is 0 Å². The lowest BCUT2D eigenvalue weighted by molar-refractivity contribution is 0.266. The fourth-order valence-corrected chi connectivity index (χ4v) is 3.43. The maximum absolute atomic E-state index is 4.50. The number of hydrogen-bond donors (Lipinski definition) is 1. The number of nitrogens with one attached hydrogen (secondary N) is 1. The fraction of sp³-hybridized carbons (Fsp3) is 0.900. The molecule has 0 saturated heterocycles. The van der Waals surface area contributed by atoms with E-state index in [0.717, 1.165) is 30.3 Å². The van der Waals surface area contributed by atoms with Crippen molar-refractivity contribution in [1.82, 2.24) is 5.32 Å². The minimum atomic E-state index is 0.793. The molecule has 0 amide bonds. The number of amidine groups is 1. The fourth-order valence-electron chi connectivity index (χ4n) is 3.43. The summed E-state index contributed by atoms with van der Waals surface area (Å²) in [7, 11) is 0. The van der Waals surface area contributed by atoms with Crippen LogP contribution in [0, 0.1) is 17.8 Å². The lowest BCUT2D eigenvalue weighted by atomic mass is 9.83. The molecule has 2 bridgehead atoms. The van der Waals surface area contributed by atoms with Crippen molar-refractivity contribution in [2.45, 2.75) is 32.2 Å². The maximum Gasteiger partial charge on any atom is 0.0934 e. The molecule has 3 rings (SSSR count). The van der Waals surface area contributed by atoms with Gasteiger partial charge in [-0.15, -0.1) is 0 Å². The van der Waals surface area contributed by atoms with Gasteiger partial charge in [-0.25, -0.2) is 0 Å². The highest BCUT2D eigenvalue weighted by Crippen LogP contribution is 2.49. The molecule has 12 heavy (non-hydrogen) atoms. The minimum absolute atomic E-state index is 0.793. The van der Waals surface area contributed by atoms with Gasteiger partial charge in [0.05, 0.1) is 5.84 Å². The lowest BCUT2D eigenvalue weighted by Crippen LogP contribution is -2.47. The molecule has 2 fully saturated rings.